The molecule has 0 N–H and O–H groups in total. The molecular formula is C8H16N2OS2. The summed E-state index contributed by atoms with van der Waals surface area (Å²) in [7, 11) is 0. The van der Waals surface area contributed by atoms with E-state index < -0.39 is 0 Å². The second kappa shape index (κ2) is 5.46. The van der Waals surface area contributed by atoms with E-state index in [1.807, 2.05) is 32.8 Å². The normalized spacial score (nSPS) is 27.7. The molecule has 0 amide bonds. The lowest BCUT2D eigenvalue weighted by Crippen LogP contribution is -2.32. The van der Waals surface area contributed by atoms with Gasteiger partial charge in [0.25, 0.3) is 0 Å². The quantitative estimate of drug-likeness (QED) is 0.662. The van der Waals surface area contributed by atoms with Crippen molar-refractivity contribution < 1.29 is 4.94 Å². The SMILES string of the molecule is C1CCN(ON2CCCCS2)SC1. The van der Waals surface area contributed by atoms with Crippen molar-refractivity contribution in [2.24, 2.45) is 0 Å². The van der Waals surface area contributed by atoms with Crippen molar-refractivity contribution in [3.8, 4) is 0 Å². The fraction of sp³-hybridized carbons (Fsp3) is 1.00. The molecule has 2 saturated heterocycles. The average molecular weight is 220 g/mol. The Balaban J connectivity index is 1.69. The highest BCUT2D eigenvalue weighted by molar-refractivity contribution is 7.97. The Morgan fingerprint density at radius 1 is 0.769 bits per heavy atom. The molecule has 3 nitrogen and oxygen atoms in total. The Hall–Kier alpha value is 0.580. The summed E-state index contributed by atoms with van der Waals surface area (Å²) in [6, 6.07) is 0. The Bertz CT molecular complexity index is 131. The third-order valence-electron chi connectivity index (χ3n) is 2.12. The second-order valence-electron chi connectivity index (χ2n) is 3.27. The zero-order valence-corrected chi connectivity index (χ0v) is 9.41. The minimum Gasteiger partial charge on any atom is -0.187 e. The van der Waals surface area contributed by atoms with Gasteiger partial charge in [0, 0.05) is 24.6 Å². The lowest BCUT2D eigenvalue weighted by Gasteiger charge is -2.31. The average Bonchev–Trinajstić information content (AvgIpc) is 2.21. The van der Waals surface area contributed by atoms with Gasteiger partial charge >= 0.3 is 0 Å². The zero-order chi connectivity index (χ0) is 8.93. The van der Waals surface area contributed by atoms with Gasteiger partial charge in [0.1, 0.15) is 0 Å². The van der Waals surface area contributed by atoms with E-state index in [-0.39, 0.29) is 0 Å². The number of rotatable bonds is 2. The van der Waals surface area contributed by atoms with E-state index in [0.717, 1.165) is 13.1 Å². The fourth-order valence-corrected chi connectivity index (χ4v) is 3.27. The second-order valence-corrected chi connectivity index (χ2v) is 5.42. The summed E-state index contributed by atoms with van der Waals surface area (Å²) in [5.41, 5.74) is 0. The minimum absolute atomic E-state index is 1.07. The van der Waals surface area contributed by atoms with Gasteiger partial charge in [0.2, 0.25) is 0 Å². The molecule has 2 aliphatic rings. The molecule has 2 heterocycles. The van der Waals surface area contributed by atoms with Crippen molar-refractivity contribution in [2.75, 3.05) is 24.6 Å². The van der Waals surface area contributed by atoms with Crippen molar-refractivity contribution in [3.05, 3.63) is 0 Å². The van der Waals surface area contributed by atoms with Gasteiger partial charge in [-0.05, 0) is 49.6 Å². The van der Waals surface area contributed by atoms with Gasteiger partial charge in [-0.15, -0.1) is 8.94 Å². The Labute approximate surface area is 88.3 Å². The summed E-state index contributed by atoms with van der Waals surface area (Å²) in [6.45, 7) is 2.14. The zero-order valence-electron chi connectivity index (χ0n) is 7.78. The first-order valence-electron chi connectivity index (χ1n) is 4.94. The van der Waals surface area contributed by atoms with E-state index in [9.17, 15) is 0 Å². The number of hydrogen-bond acceptors (Lipinski definition) is 5. The number of hydrogen-bond donors (Lipinski definition) is 0. The third kappa shape index (κ3) is 3.32. The van der Waals surface area contributed by atoms with Crippen LogP contribution in [0.15, 0.2) is 0 Å². The molecule has 0 aromatic rings. The molecule has 0 bridgehead atoms. The van der Waals surface area contributed by atoms with E-state index in [0.29, 0.717) is 0 Å². The van der Waals surface area contributed by atoms with Crippen LogP contribution in [0.3, 0.4) is 0 Å². The standard InChI is InChI=1S/C8H16N2OS2/c1-3-7-12-9(5-1)11-10-6-2-4-8-13-10/h1-8H2. The van der Waals surface area contributed by atoms with Crippen LogP contribution in [0.25, 0.3) is 0 Å². The highest BCUT2D eigenvalue weighted by Gasteiger charge is 2.18. The highest BCUT2D eigenvalue weighted by Crippen LogP contribution is 2.26. The molecule has 0 aromatic carbocycles. The molecule has 0 spiro atoms. The smallest absolute Gasteiger partial charge is 0.0376 e. The maximum atomic E-state index is 5.72. The van der Waals surface area contributed by atoms with Gasteiger partial charge in [-0.3, -0.25) is 0 Å². The molecule has 2 rings (SSSR count). The van der Waals surface area contributed by atoms with Crippen LogP contribution in [0, 0.1) is 0 Å². The van der Waals surface area contributed by atoms with Crippen LogP contribution in [-0.4, -0.2) is 33.5 Å². The van der Waals surface area contributed by atoms with Crippen molar-refractivity contribution in [3.63, 3.8) is 0 Å². The molecule has 76 valence electrons. The van der Waals surface area contributed by atoms with E-state index in [1.54, 1.807) is 0 Å². The molecule has 0 unspecified atom stereocenters. The van der Waals surface area contributed by atoms with Crippen LogP contribution >= 0.6 is 23.9 Å². The van der Waals surface area contributed by atoms with E-state index in [4.69, 9.17) is 4.94 Å². The van der Waals surface area contributed by atoms with Crippen molar-refractivity contribution in [2.45, 2.75) is 25.7 Å². The predicted octanol–water partition coefficient (Wildman–Crippen LogP) is 2.32. The first-order valence-corrected chi connectivity index (χ1v) is 6.83. The Morgan fingerprint density at radius 3 is 1.69 bits per heavy atom. The van der Waals surface area contributed by atoms with Crippen molar-refractivity contribution in [1.82, 2.24) is 8.94 Å². The van der Waals surface area contributed by atoms with Gasteiger partial charge in [0.15, 0.2) is 0 Å². The topological polar surface area (TPSA) is 15.7 Å². The predicted molar refractivity (Wildman–Crippen MR) is 57.9 cm³/mol. The highest BCUT2D eigenvalue weighted by atomic mass is 32.2. The summed E-state index contributed by atoms with van der Waals surface area (Å²) in [4.78, 5) is 5.72. The minimum atomic E-state index is 1.07. The molecule has 0 saturated carbocycles. The number of hydroxylamine groups is 2. The van der Waals surface area contributed by atoms with E-state index in [2.05, 4.69) is 0 Å². The van der Waals surface area contributed by atoms with Gasteiger partial charge in [0.05, 0.1) is 0 Å². The number of nitrogens with zero attached hydrogens (tertiary/aromatic N) is 2. The largest absolute Gasteiger partial charge is 0.187 e. The molecule has 13 heavy (non-hydrogen) atoms. The maximum absolute atomic E-state index is 5.72. The van der Waals surface area contributed by atoms with Gasteiger partial charge in [-0.1, -0.05) is 0 Å². The molecule has 0 radical (unpaired) electrons. The van der Waals surface area contributed by atoms with Crippen molar-refractivity contribution >= 4 is 23.9 Å². The Kier molecular flexibility index (Phi) is 4.24. The first kappa shape index (κ1) is 10.1. The summed E-state index contributed by atoms with van der Waals surface area (Å²) in [5.74, 6) is 2.41. The molecule has 0 aromatic heterocycles. The summed E-state index contributed by atoms with van der Waals surface area (Å²) in [5, 5.41) is 0. The van der Waals surface area contributed by atoms with Gasteiger partial charge < -0.3 is 0 Å². The molecule has 5 heteroatoms. The summed E-state index contributed by atoms with van der Waals surface area (Å²) in [6.07, 6.45) is 5.20. The molecule has 2 fully saturated rings. The maximum Gasteiger partial charge on any atom is 0.0376 e. The molecular weight excluding hydrogens is 204 g/mol. The molecule has 0 atom stereocenters. The van der Waals surface area contributed by atoms with Crippen LogP contribution in [0.1, 0.15) is 25.7 Å². The lowest BCUT2D eigenvalue weighted by atomic mass is 10.3. The van der Waals surface area contributed by atoms with Crippen LogP contribution in [0.5, 0.6) is 0 Å². The van der Waals surface area contributed by atoms with Crippen LogP contribution < -0.4 is 0 Å². The van der Waals surface area contributed by atoms with E-state index in [1.165, 1.54) is 37.2 Å². The van der Waals surface area contributed by atoms with Crippen LogP contribution in [0.4, 0.5) is 0 Å². The van der Waals surface area contributed by atoms with E-state index >= 15 is 0 Å². The first-order chi connectivity index (χ1) is 6.45. The van der Waals surface area contributed by atoms with Gasteiger partial charge in [-0.2, -0.15) is 4.94 Å². The molecule has 2 aliphatic heterocycles. The van der Waals surface area contributed by atoms with Crippen LogP contribution in [-0.2, 0) is 4.94 Å². The lowest BCUT2D eigenvalue weighted by molar-refractivity contribution is -0.223. The van der Waals surface area contributed by atoms with Gasteiger partial charge in [-0.25, -0.2) is 0 Å². The molecule has 0 aliphatic carbocycles. The summed E-state index contributed by atoms with van der Waals surface area (Å²) < 4.78 is 4.06. The fourth-order valence-electron chi connectivity index (χ4n) is 1.38. The third-order valence-corrected chi connectivity index (χ3v) is 4.14. The van der Waals surface area contributed by atoms with Crippen LogP contribution in [0.2, 0.25) is 0 Å². The summed E-state index contributed by atoms with van der Waals surface area (Å²) >= 11 is 3.63. The monoisotopic (exact) mass is 220 g/mol. The Morgan fingerprint density at radius 2 is 1.31 bits per heavy atom. The van der Waals surface area contributed by atoms with Crippen molar-refractivity contribution in [1.29, 1.82) is 0 Å².